The summed E-state index contributed by atoms with van der Waals surface area (Å²) in [6, 6.07) is 7.15. The Hall–Kier alpha value is -1.58. The third kappa shape index (κ3) is 6.22. The number of halogens is 1. The predicted octanol–water partition coefficient (Wildman–Crippen LogP) is 3.35. The van der Waals surface area contributed by atoms with E-state index in [2.05, 4.69) is 5.32 Å². The minimum Gasteiger partial charge on any atom is -0.494 e. The highest BCUT2D eigenvalue weighted by Crippen LogP contribution is 2.14. The lowest BCUT2D eigenvalue weighted by molar-refractivity contribution is 0.0955. The number of carbonyl (C=O) groups excluding carboxylic acids is 1. The fourth-order valence-electron chi connectivity index (χ4n) is 1.73. The molecule has 106 valence electrons. The Morgan fingerprint density at radius 2 is 2.05 bits per heavy atom. The maximum atomic E-state index is 11.9. The molecule has 0 aliphatic carbocycles. The molecular weight excluding hydrogens is 245 g/mol. The van der Waals surface area contributed by atoms with Gasteiger partial charge in [-0.05, 0) is 44.4 Å². The van der Waals surface area contributed by atoms with Crippen LogP contribution in [0, 0.1) is 0 Å². The van der Waals surface area contributed by atoms with Gasteiger partial charge >= 0.3 is 0 Å². The van der Waals surface area contributed by atoms with Crippen LogP contribution in [0.5, 0.6) is 5.75 Å². The molecule has 1 N–H and O–H groups in total. The van der Waals surface area contributed by atoms with E-state index in [1.807, 2.05) is 19.1 Å². The molecule has 0 radical (unpaired) electrons. The van der Waals surface area contributed by atoms with Gasteiger partial charge in [0.05, 0.1) is 13.3 Å². The number of carbonyl (C=O) groups is 1. The van der Waals surface area contributed by atoms with Gasteiger partial charge in [0, 0.05) is 12.1 Å². The van der Waals surface area contributed by atoms with Gasteiger partial charge in [0.1, 0.15) is 5.75 Å². The van der Waals surface area contributed by atoms with Crippen LogP contribution in [0.2, 0.25) is 0 Å². The van der Waals surface area contributed by atoms with Gasteiger partial charge in [0.2, 0.25) is 0 Å². The lowest BCUT2D eigenvalue weighted by Crippen LogP contribution is -2.22. The third-order valence-corrected chi connectivity index (χ3v) is 2.73. The molecule has 1 aromatic rings. The van der Waals surface area contributed by atoms with Gasteiger partial charge in [-0.2, -0.15) is 0 Å². The van der Waals surface area contributed by atoms with Crippen molar-refractivity contribution in [1.29, 1.82) is 0 Å². The molecule has 0 unspecified atom stereocenters. The summed E-state index contributed by atoms with van der Waals surface area (Å²) in [5.74, 6) is 0.616. The summed E-state index contributed by atoms with van der Waals surface area (Å²) in [7, 11) is 0. The van der Waals surface area contributed by atoms with Crippen molar-refractivity contribution in [3.05, 3.63) is 29.8 Å². The monoisotopic (exact) mass is 267 g/mol. The van der Waals surface area contributed by atoms with Crippen molar-refractivity contribution >= 4 is 5.91 Å². The Morgan fingerprint density at radius 1 is 1.26 bits per heavy atom. The minimum absolute atomic E-state index is 0.0871. The molecule has 0 bridgehead atoms. The third-order valence-electron chi connectivity index (χ3n) is 2.73. The van der Waals surface area contributed by atoms with Crippen molar-refractivity contribution in [2.45, 2.75) is 32.6 Å². The van der Waals surface area contributed by atoms with E-state index in [0.29, 0.717) is 30.9 Å². The number of benzene rings is 1. The van der Waals surface area contributed by atoms with Crippen molar-refractivity contribution in [2.75, 3.05) is 19.8 Å². The largest absolute Gasteiger partial charge is 0.494 e. The predicted molar refractivity (Wildman–Crippen MR) is 74.4 cm³/mol. The molecule has 0 aliphatic heterocycles. The maximum absolute atomic E-state index is 11.9. The fraction of sp³-hybridized carbons (Fsp3) is 0.533. The number of amides is 1. The molecule has 0 saturated carbocycles. The molecule has 3 nitrogen and oxygen atoms in total. The van der Waals surface area contributed by atoms with Crippen LogP contribution in [0.1, 0.15) is 43.0 Å². The molecule has 0 aromatic heterocycles. The van der Waals surface area contributed by atoms with Gasteiger partial charge in [-0.1, -0.05) is 12.5 Å². The number of nitrogens with one attached hydrogen (secondary N) is 1. The summed E-state index contributed by atoms with van der Waals surface area (Å²) < 4.78 is 17.5. The van der Waals surface area contributed by atoms with E-state index in [0.717, 1.165) is 19.3 Å². The van der Waals surface area contributed by atoms with Crippen LogP contribution < -0.4 is 10.1 Å². The van der Waals surface area contributed by atoms with Gasteiger partial charge in [-0.3, -0.25) is 9.18 Å². The van der Waals surface area contributed by atoms with Crippen molar-refractivity contribution in [2.24, 2.45) is 0 Å². The summed E-state index contributed by atoms with van der Waals surface area (Å²) in [5, 5.41) is 2.75. The van der Waals surface area contributed by atoms with E-state index in [9.17, 15) is 9.18 Å². The number of hydrogen-bond acceptors (Lipinski definition) is 2. The number of alkyl halides is 1. The zero-order chi connectivity index (χ0) is 13.9. The van der Waals surface area contributed by atoms with Crippen LogP contribution in [0.4, 0.5) is 4.39 Å². The van der Waals surface area contributed by atoms with Gasteiger partial charge < -0.3 is 10.1 Å². The van der Waals surface area contributed by atoms with Crippen molar-refractivity contribution < 1.29 is 13.9 Å². The maximum Gasteiger partial charge on any atom is 0.251 e. The zero-order valence-electron chi connectivity index (χ0n) is 11.5. The van der Waals surface area contributed by atoms with E-state index in [1.54, 1.807) is 12.1 Å². The zero-order valence-corrected chi connectivity index (χ0v) is 11.5. The summed E-state index contributed by atoms with van der Waals surface area (Å²) in [6.07, 6.45) is 3.41. The second-order valence-corrected chi connectivity index (χ2v) is 4.34. The first-order valence-corrected chi connectivity index (χ1v) is 6.85. The smallest absolute Gasteiger partial charge is 0.251 e. The Morgan fingerprint density at radius 3 is 2.79 bits per heavy atom. The lowest BCUT2D eigenvalue weighted by Gasteiger charge is -2.08. The number of hydrogen-bond donors (Lipinski definition) is 1. The molecule has 0 spiro atoms. The minimum atomic E-state index is -0.241. The van der Waals surface area contributed by atoms with Crippen LogP contribution in [0.25, 0.3) is 0 Å². The molecule has 0 saturated heterocycles. The van der Waals surface area contributed by atoms with E-state index >= 15 is 0 Å². The first kappa shape index (κ1) is 15.5. The molecule has 0 fully saturated rings. The van der Waals surface area contributed by atoms with Gasteiger partial charge in [0.25, 0.3) is 5.91 Å². The lowest BCUT2D eigenvalue weighted by atomic mass is 10.2. The fourth-order valence-corrected chi connectivity index (χ4v) is 1.73. The van der Waals surface area contributed by atoms with E-state index < -0.39 is 0 Å². The standard InChI is InChI=1S/C15H22FNO2/c1-2-17-15(18)13-8-7-9-14(12-13)19-11-6-4-3-5-10-16/h7-9,12H,2-6,10-11H2,1H3,(H,17,18). The normalized spacial score (nSPS) is 10.2. The second-order valence-electron chi connectivity index (χ2n) is 4.34. The van der Waals surface area contributed by atoms with Gasteiger partial charge in [-0.25, -0.2) is 0 Å². The Labute approximate surface area is 114 Å². The molecule has 1 amide bonds. The Balaban J connectivity index is 2.34. The molecule has 4 heteroatoms. The highest BCUT2D eigenvalue weighted by Gasteiger charge is 2.04. The van der Waals surface area contributed by atoms with E-state index in [-0.39, 0.29) is 12.6 Å². The average Bonchev–Trinajstić information content (AvgIpc) is 2.43. The number of unbranched alkanes of at least 4 members (excludes halogenated alkanes) is 3. The molecule has 0 heterocycles. The Kier molecular flexibility index (Phi) is 7.63. The van der Waals surface area contributed by atoms with Crippen molar-refractivity contribution in [1.82, 2.24) is 5.32 Å². The Bertz CT molecular complexity index is 382. The molecule has 19 heavy (non-hydrogen) atoms. The topological polar surface area (TPSA) is 38.3 Å². The molecule has 0 aliphatic rings. The SMILES string of the molecule is CCNC(=O)c1cccc(OCCCCCCF)c1. The summed E-state index contributed by atoms with van der Waals surface area (Å²) in [5.41, 5.74) is 0.608. The number of ether oxygens (including phenoxy) is 1. The van der Waals surface area contributed by atoms with Crippen LogP contribution in [0.3, 0.4) is 0 Å². The van der Waals surface area contributed by atoms with Crippen molar-refractivity contribution in [3.63, 3.8) is 0 Å². The molecule has 0 atom stereocenters. The molecular formula is C15H22FNO2. The van der Waals surface area contributed by atoms with E-state index in [1.165, 1.54) is 0 Å². The number of rotatable bonds is 9. The van der Waals surface area contributed by atoms with Crippen molar-refractivity contribution in [3.8, 4) is 5.75 Å². The van der Waals surface area contributed by atoms with Crippen LogP contribution in [-0.4, -0.2) is 25.7 Å². The van der Waals surface area contributed by atoms with Gasteiger partial charge in [0.15, 0.2) is 0 Å². The quantitative estimate of drug-likeness (QED) is 0.697. The second kappa shape index (κ2) is 9.36. The highest BCUT2D eigenvalue weighted by molar-refractivity contribution is 5.94. The average molecular weight is 267 g/mol. The highest BCUT2D eigenvalue weighted by atomic mass is 19.1. The van der Waals surface area contributed by atoms with Crippen LogP contribution in [-0.2, 0) is 0 Å². The molecule has 1 aromatic carbocycles. The summed E-state index contributed by atoms with van der Waals surface area (Å²) in [4.78, 5) is 11.6. The van der Waals surface area contributed by atoms with Gasteiger partial charge in [-0.15, -0.1) is 0 Å². The first-order chi connectivity index (χ1) is 9.27. The first-order valence-electron chi connectivity index (χ1n) is 6.85. The molecule has 1 rings (SSSR count). The van der Waals surface area contributed by atoms with Crippen LogP contribution in [0.15, 0.2) is 24.3 Å². The summed E-state index contributed by atoms with van der Waals surface area (Å²) >= 11 is 0. The summed E-state index contributed by atoms with van der Waals surface area (Å²) in [6.45, 7) is 2.86. The van der Waals surface area contributed by atoms with Crippen LogP contribution >= 0.6 is 0 Å². The van der Waals surface area contributed by atoms with E-state index in [4.69, 9.17) is 4.74 Å².